The summed E-state index contributed by atoms with van der Waals surface area (Å²) in [7, 11) is 0. The number of anilines is 1. The molecule has 0 aliphatic rings. The Bertz CT molecular complexity index is 456. The van der Waals surface area contributed by atoms with E-state index in [1.165, 1.54) is 12.4 Å². The zero-order valence-electron chi connectivity index (χ0n) is 9.42. The van der Waals surface area contributed by atoms with Crippen LogP contribution in [-0.4, -0.2) is 45.8 Å². The number of aromatic nitrogens is 2. The number of nitrogens with two attached hydrogens (primary N) is 1. The fourth-order valence-electron chi connectivity index (χ4n) is 1.11. The molecule has 1 aromatic rings. The van der Waals surface area contributed by atoms with Gasteiger partial charge in [-0.3, -0.25) is 19.1 Å². The van der Waals surface area contributed by atoms with Crippen molar-refractivity contribution in [1.29, 1.82) is 0 Å². The van der Waals surface area contributed by atoms with Crippen molar-refractivity contribution in [2.75, 3.05) is 18.4 Å². The molecule has 9 nitrogen and oxygen atoms in total. The minimum atomic E-state index is -1.04. The maximum Gasteiger partial charge on any atom is 0.325 e. The Kier molecular flexibility index (Phi) is 4.81. The Balaban J connectivity index is 2.42. The van der Waals surface area contributed by atoms with E-state index in [0.717, 1.165) is 4.68 Å². The summed E-state index contributed by atoms with van der Waals surface area (Å²) in [6.07, 6.45) is 2.68. The number of carbonyl (C=O) groups is 3. The van der Waals surface area contributed by atoms with Crippen LogP contribution in [0.25, 0.3) is 0 Å². The lowest BCUT2D eigenvalue weighted by molar-refractivity contribution is -0.137. The van der Waals surface area contributed by atoms with Gasteiger partial charge in [-0.15, -0.1) is 0 Å². The number of hydrogen-bond acceptors (Lipinski definition) is 5. The maximum absolute atomic E-state index is 11.3. The van der Waals surface area contributed by atoms with E-state index in [2.05, 4.69) is 15.7 Å². The number of carbonyl (C=O) groups excluding carboxylic acids is 2. The van der Waals surface area contributed by atoms with Gasteiger partial charge in [0.15, 0.2) is 0 Å². The number of nitrogens with one attached hydrogen (secondary N) is 2. The van der Waals surface area contributed by atoms with Gasteiger partial charge in [0.1, 0.15) is 6.54 Å². The van der Waals surface area contributed by atoms with E-state index < -0.39 is 17.8 Å². The molecule has 2 amide bonds. The molecule has 18 heavy (non-hydrogen) atoms. The average Bonchev–Trinajstić information content (AvgIpc) is 2.72. The quantitative estimate of drug-likeness (QED) is 0.462. The van der Waals surface area contributed by atoms with Gasteiger partial charge in [0.05, 0.1) is 25.0 Å². The monoisotopic (exact) mass is 255 g/mol. The minimum Gasteiger partial charge on any atom is -0.480 e. The summed E-state index contributed by atoms with van der Waals surface area (Å²) < 4.78 is 1.16. The largest absolute Gasteiger partial charge is 0.480 e. The van der Waals surface area contributed by atoms with Crippen molar-refractivity contribution in [3.63, 3.8) is 0 Å². The molecule has 0 radical (unpaired) electrons. The fraction of sp³-hybridized carbons (Fsp3) is 0.333. The molecule has 0 saturated heterocycles. The first kappa shape index (κ1) is 13.6. The van der Waals surface area contributed by atoms with E-state index in [4.69, 9.17) is 10.8 Å². The molecule has 0 aromatic carbocycles. The summed E-state index contributed by atoms with van der Waals surface area (Å²) in [6, 6.07) is 0. The lowest BCUT2D eigenvalue weighted by atomic mass is 10.5. The second-order valence-electron chi connectivity index (χ2n) is 3.35. The highest BCUT2D eigenvalue weighted by Gasteiger charge is 2.07. The normalized spacial score (nSPS) is 9.83. The first-order chi connectivity index (χ1) is 8.51. The summed E-state index contributed by atoms with van der Waals surface area (Å²) in [4.78, 5) is 32.5. The van der Waals surface area contributed by atoms with Crippen LogP contribution >= 0.6 is 0 Å². The van der Waals surface area contributed by atoms with Crippen LogP contribution in [0, 0.1) is 0 Å². The number of amides is 2. The summed E-state index contributed by atoms with van der Waals surface area (Å²) in [5.74, 6) is -1.93. The van der Waals surface area contributed by atoms with Crippen LogP contribution in [0.4, 0.5) is 5.69 Å². The number of carboxylic acid groups (broad SMARTS) is 1. The lowest BCUT2D eigenvalue weighted by Crippen LogP contribution is -2.36. The SMILES string of the molecule is NCC(=O)NCC(=O)Nc1cnn(CC(=O)O)c1. The smallest absolute Gasteiger partial charge is 0.325 e. The van der Waals surface area contributed by atoms with E-state index in [0.29, 0.717) is 5.69 Å². The highest BCUT2D eigenvalue weighted by Crippen LogP contribution is 2.03. The molecule has 0 aliphatic heterocycles. The van der Waals surface area contributed by atoms with Crippen LogP contribution < -0.4 is 16.4 Å². The highest BCUT2D eigenvalue weighted by molar-refractivity contribution is 5.94. The van der Waals surface area contributed by atoms with Gasteiger partial charge in [0.2, 0.25) is 11.8 Å². The summed E-state index contributed by atoms with van der Waals surface area (Å²) in [5, 5.41) is 17.0. The van der Waals surface area contributed by atoms with E-state index >= 15 is 0 Å². The molecule has 0 fully saturated rings. The number of nitrogens with zero attached hydrogens (tertiary/aromatic N) is 2. The lowest BCUT2D eigenvalue weighted by Gasteiger charge is -2.03. The van der Waals surface area contributed by atoms with Crippen LogP contribution in [0.1, 0.15) is 0 Å². The van der Waals surface area contributed by atoms with Crippen molar-refractivity contribution in [1.82, 2.24) is 15.1 Å². The van der Waals surface area contributed by atoms with E-state index in [-0.39, 0.29) is 19.6 Å². The zero-order chi connectivity index (χ0) is 13.5. The average molecular weight is 255 g/mol. The van der Waals surface area contributed by atoms with Crippen LogP contribution in [0.15, 0.2) is 12.4 Å². The third-order valence-corrected chi connectivity index (χ3v) is 1.85. The van der Waals surface area contributed by atoms with Crippen LogP contribution in [0.3, 0.4) is 0 Å². The van der Waals surface area contributed by atoms with Crippen molar-refractivity contribution in [2.24, 2.45) is 5.73 Å². The molecule has 0 aliphatic carbocycles. The third-order valence-electron chi connectivity index (χ3n) is 1.85. The van der Waals surface area contributed by atoms with Gasteiger partial charge >= 0.3 is 5.97 Å². The van der Waals surface area contributed by atoms with Crippen LogP contribution in [-0.2, 0) is 20.9 Å². The van der Waals surface area contributed by atoms with Gasteiger partial charge in [0, 0.05) is 6.20 Å². The number of aliphatic carboxylic acids is 1. The van der Waals surface area contributed by atoms with E-state index in [1.54, 1.807) is 0 Å². The first-order valence-electron chi connectivity index (χ1n) is 5.02. The Labute approximate surface area is 102 Å². The van der Waals surface area contributed by atoms with Gasteiger partial charge in [-0.05, 0) is 0 Å². The topological polar surface area (TPSA) is 139 Å². The molecular formula is C9H13N5O4. The molecule has 1 heterocycles. The van der Waals surface area contributed by atoms with Crippen molar-refractivity contribution >= 4 is 23.5 Å². The predicted octanol–water partition coefficient (Wildman–Crippen LogP) is -2.02. The van der Waals surface area contributed by atoms with Crippen LogP contribution in [0.2, 0.25) is 0 Å². The molecule has 0 spiro atoms. The van der Waals surface area contributed by atoms with E-state index in [1.807, 2.05) is 0 Å². The molecule has 1 rings (SSSR count). The fourth-order valence-corrected chi connectivity index (χ4v) is 1.11. The molecule has 9 heteroatoms. The standard InChI is InChI=1S/C9H13N5O4/c10-1-7(15)11-3-8(16)13-6-2-12-14(4-6)5-9(17)18/h2,4H,1,3,5,10H2,(H,11,15)(H,13,16)(H,17,18). The molecule has 0 saturated carbocycles. The summed E-state index contributed by atoms with van der Waals surface area (Å²) in [6.45, 7) is -0.691. The Morgan fingerprint density at radius 1 is 1.39 bits per heavy atom. The minimum absolute atomic E-state index is 0.191. The van der Waals surface area contributed by atoms with Crippen molar-refractivity contribution in [3.05, 3.63) is 12.4 Å². The second kappa shape index (κ2) is 6.35. The van der Waals surface area contributed by atoms with E-state index in [9.17, 15) is 14.4 Å². The molecule has 5 N–H and O–H groups in total. The summed E-state index contributed by atoms with van der Waals surface area (Å²) >= 11 is 0. The van der Waals surface area contributed by atoms with Crippen molar-refractivity contribution in [2.45, 2.75) is 6.54 Å². The highest BCUT2D eigenvalue weighted by atomic mass is 16.4. The van der Waals surface area contributed by atoms with Gasteiger partial charge in [0.25, 0.3) is 0 Å². The van der Waals surface area contributed by atoms with Crippen molar-refractivity contribution < 1.29 is 19.5 Å². The number of carboxylic acids is 1. The summed E-state index contributed by atoms with van der Waals surface area (Å²) in [5.41, 5.74) is 5.40. The van der Waals surface area contributed by atoms with Gasteiger partial charge < -0.3 is 21.5 Å². The molecule has 1 aromatic heterocycles. The number of rotatable bonds is 6. The first-order valence-corrected chi connectivity index (χ1v) is 5.02. The Morgan fingerprint density at radius 3 is 2.72 bits per heavy atom. The predicted molar refractivity (Wildman–Crippen MR) is 60.6 cm³/mol. The van der Waals surface area contributed by atoms with Crippen molar-refractivity contribution in [3.8, 4) is 0 Å². The zero-order valence-corrected chi connectivity index (χ0v) is 9.42. The molecule has 98 valence electrons. The van der Waals surface area contributed by atoms with Gasteiger partial charge in [-0.2, -0.15) is 5.10 Å². The van der Waals surface area contributed by atoms with Gasteiger partial charge in [-0.25, -0.2) is 0 Å². The number of hydrogen-bond donors (Lipinski definition) is 4. The molecular weight excluding hydrogens is 242 g/mol. The molecule has 0 bridgehead atoms. The Hall–Kier alpha value is -2.42. The second-order valence-corrected chi connectivity index (χ2v) is 3.35. The molecule has 0 atom stereocenters. The maximum atomic E-state index is 11.3. The Morgan fingerprint density at radius 2 is 2.11 bits per heavy atom. The molecule has 0 unspecified atom stereocenters. The van der Waals surface area contributed by atoms with Crippen LogP contribution in [0.5, 0.6) is 0 Å². The third kappa shape index (κ3) is 4.61. The van der Waals surface area contributed by atoms with Gasteiger partial charge in [-0.1, -0.05) is 0 Å².